The van der Waals surface area contributed by atoms with Crippen molar-refractivity contribution in [2.24, 2.45) is 5.92 Å². The van der Waals surface area contributed by atoms with Crippen molar-refractivity contribution in [3.05, 3.63) is 29.0 Å². The topological polar surface area (TPSA) is 58.6 Å². The van der Waals surface area contributed by atoms with Crippen molar-refractivity contribution >= 4 is 41.1 Å². The molecule has 1 saturated heterocycles. The molecule has 0 bridgehead atoms. The molecule has 0 aromatic heterocycles. The van der Waals surface area contributed by atoms with E-state index in [1.165, 1.54) is 18.2 Å². The van der Waals surface area contributed by atoms with Crippen LogP contribution in [0, 0.1) is 11.7 Å². The summed E-state index contributed by atoms with van der Waals surface area (Å²) in [7, 11) is 0. The number of ether oxygens (including phenoxy) is 1. The molecule has 8 heteroatoms. The summed E-state index contributed by atoms with van der Waals surface area (Å²) in [6.45, 7) is 6.39. The Morgan fingerprint density at radius 1 is 1.46 bits per heavy atom. The maximum atomic E-state index is 13.3. The highest BCUT2D eigenvalue weighted by molar-refractivity contribution is 8.00. The number of nitrogens with one attached hydrogen (secondary N) is 1. The number of amides is 2. The summed E-state index contributed by atoms with van der Waals surface area (Å²) in [6, 6.07) is 2.92. The molecular weight excluding hydrogens is 379 g/mol. The van der Waals surface area contributed by atoms with Crippen LogP contribution in [-0.2, 0) is 9.53 Å². The molecule has 0 spiro atoms. The number of carbonyl (C=O) groups is 2. The van der Waals surface area contributed by atoms with Gasteiger partial charge in [0, 0.05) is 11.4 Å². The van der Waals surface area contributed by atoms with Gasteiger partial charge in [-0.2, -0.15) is 0 Å². The molecule has 1 N–H and O–H groups in total. The molecule has 1 heterocycles. The van der Waals surface area contributed by atoms with Crippen molar-refractivity contribution in [1.29, 1.82) is 0 Å². The molecule has 1 aromatic carbocycles. The summed E-state index contributed by atoms with van der Waals surface area (Å²) in [4.78, 5) is 26.8. The molecule has 26 heavy (non-hydrogen) atoms. The smallest absolute Gasteiger partial charge is 0.329 e. The third kappa shape index (κ3) is 5.27. The molecule has 0 radical (unpaired) electrons. The van der Waals surface area contributed by atoms with Crippen LogP contribution in [-0.4, -0.2) is 40.7 Å². The van der Waals surface area contributed by atoms with Crippen LogP contribution < -0.4 is 5.32 Å². The van der Waals surface area contributed by atoms with Gasteiger partial charge in [0.05, 0.1) is 17.0 Å². The monoisotopic (exact) mass is 402 g/mol. The van der Waals surface area contributed by atoms with Crippen molar-refractivity contribution in [2.75, 3.05) is 17.7 Å². The first-order chi connectivity index (χ1) is 12.3. The third-order valence-electron chi connectivity index (χ3n) is 3.89. The zero-order valence-corrected chi connectivity index (χ0v) is 16.7. The molecule has 0 aliphatic carbocycles. The zero-order valence-electron chi connectivity index (χ0n) is 15.1. The van der Waals surface area contributed by atoms with E-state index in [4.69, 9.17) is 16.3 Å². The lowest BCUT2D eigenvalue weighted by molar-refractivity contribution is -0.147. The van der Waals surface area contributed by atoms with Gasteiger partial charge in [0.15, 0.2) is 0 Å². The van der Waals surface area contributed by atoms with Gasteiger partial charge in [0.25, 0.3) is 0 Å². The summed E-state index contributed by atoms with van der Waals surface area (Å²) in [5.41, 5.74) is 0.377. The van der Waals surface area contributed by atoms with E-state index in [1.807, 2.05) is 6.92 Å². The molecule has 2 amide bonds. The van der Waals surface area contributed by atoms with Crippen molar-refractivity contribution in [2.45, 2.75) is 45.0 Å². The van der Waals surface area contributed by atoms with Gasteiger partial charge in [-0.05, 0) is 37.0 Å². The van der Waals surface area contributed by atoms with Crippen LogP contribution in [0.4, 0.5) is 14.9 Å². The maximum Gasteiger partial charge on any atom is 0.329 e. The Balaban J connectivity index is 2.17. The average Bonchev–Trinajstić information content (AvgIpc) is 2.99. The average molecular weight is 403 g/mol. The number of rotatable bonds is 6. The first-order valence-corrected chi connectivity index (χ1v) is 10.1. The summed E-state index contributed by atoms with van der Waals surface area (Å²) >= 11 is 7.34. The van der Waals surface area contributed by atoms with Gasteiger partial charge in [0.1, 0.15) is 11.9 Å². The number of esters is 1. The molecule has 1 aliphatic rings. The largest absolute Gasteiger partial charge is 0.464 e. The second kappa shape index (κ2) is 9.46. The van der Waals surface area contributed by atoms with Gasteiger partial charge in [-0.1, -0.05) is 32.4 Å². The van der Waals surface area contributed by atoms with E-state index in [0.717, 1.165) is 12.8 Å². The van der Waals surface area contributed by atoms with Gasteiger partial charge in [-0.3, -0.25) is 4.90 Å². The first kappa shape index (κ1) is 20.8. The highest BCUT2D eigenvalue weighted by Crippen LogP contribution is 2.34. The number of carbonyl (C=O) groups excluding carboxylic acids is 2. The van der Waals surface area contributed by atoms with Crippen LogP contribution in [0.1, 0.15) is 33.6 Å². The van der Waals surface area contributed by atoms with E-state index >= 15 is 0 Å². The van der Waals surface area contributed by atoms with Crippen LogP contribution in [0.25, 0.3) is 0 Å². The number of halogens is 2. The van der Waals surface area contributed by atoms with Crippen LogP contribution in [0.15, 0.2) is 18.2 Å². The lowest BCUT2D eigenvalue weighted by Gasteiger charge is -2.29. The summed E-state index contributed by atoms with van der Waals surface area (Å²) < 4.78 is 18.6. The van der Waals surface area contributed by atoms with E-state index in [-0.39, 0.29) is 10.4 Å². The number of thioether (sulfide) groups is 1. The SMILES string of the molecule is CCCOC(=O)C1CSC(CC(C)C)N1C(=O)Nc1ccc(F)c(Cl)c1. The fraction of sp³-hybridized carbons (Fsp3) is 0.556. The van der Waals surface area contributed by atoms with Crippen LogP contribution >= 0.6 is 23.4 Å². The highest BCUT2D eigenvalue weighted by atomic mass is 35.5. The molecular formula is C18H24ClFN2O3S. The van der Waals surface area contributed by atoms with E-state index in [0.29, 0.717) is 24.0 Å². The number of benzene rings is 1. The Morgan fingerprint density at radius 2 is 2.19 bits per heavy atom. The minimum absolute atomic E-state index is 0.0729. The lowest BCUT2D eigenvalue weighted by Crippen LogP contribution is -2.48. The molecule has 144 valence electrons. The number of urea groups is 1. The summed E-state index contributed by atoms with van der Waals surface area (Å²) in [5.74, 6) is -0.0798. The normalized spacial score (nSPS) is 19.7. The Labute approximate surface area is 162 Å². The van der Waals surface area contributed by atoms with E-state index < -0.39 is 23.9 Å². The van der Waals surface area contributed by atoms with Crippen molar-refractivity contribution in [1.82, 2.24) is 4.90 Å². The molecule has 1 fully saturated rings. The molecule has 1 aromatic rings. The van der Waals surface area contributed by atoms with Gasteiger partial charge in [0.2, 0.25) is 0 Å². The second-order valence-electron chi connectivity index (χ2n) is 6.57. The standard InChI is InChI=1S/C18H24ClFN2O3S/c1-4-7-25-17(23)15-10-26-16(8-11(2)3)22(15)18(24)21-12-5-6-14(20)13(19)9-12/h5-6,9,11,15-16H,4,7-8,10H2,1-3H3,(H,21,24). The quantitative estimate of drug-likeness (QED) is 0.697. The fourth-order valence-electron chi connectivity index (χ4n) is 2.66. The van der Waals surface area contributed by atoms with Crippen LogP contribution in [0.3, 0.4) is 0 Å². The molecule has 2 unspecified atom stereocenters. The summed E-state index contributed by atoms with van der Waals surface area (Å²) in [6.07, 6.45) is 1.49. The maximum absolute atomic E-state index is 13.3. The van der Waals surface area contributed by atoms with Gasteiger partial charge < -0.3 is 10.1 Å². The van der Waals surface area contributed by atoms with Crippen molar-refractivity contribution < 1.29 is 18.7 Å². The minimum Gasteiger partial charge on any atom is -0.464 e. The predicted octanol–water partition coefficient (Wildman–Crippen LogP) is 4.75. The Bertz CT molecular complexity index is 659. The van der Waals surface area contributed by atoms with Crippen molar-refractivity contribution in [3.8, 4) is 0 Å². The number of nitrogens with zero attached hydrogens (tertiary/aromatic N) is 1. The van der Waals surface area contributed by atoms with Gasteiger partial charge in [-0.15, -0.1) is 11.8 Å². The van der Waals surface area contributed by atoms with E-state index in [1.54, 1.807) is 16.7 Å². The van der Waals surface area contributed by atoms with Gasteiger partial charge >= 0.3 is 12.0 Å². The minimum atomic E-state index is -0.633. The zero-order chi connectivity index (χ0) is 19.3. The molecule has 0 saturated carbocycles. The van der Waals surface area contributed by atoms with Crippen LogP contribution in [0.5, 0.6) is 0 Å². The number of hydrogen-bond donors (Lipinski definition) is 1. The molecule has 5 nitrogen and oxygen atoms in total. The van der Waals surface area contributed by atoms with Gasteiger partial charge in [-0.25, -0.2) is 14.0 Å². The second-order valence-corrected chi connectivity index (χ2v) is 8.19. The number of anilines is 1. The predicted molar refractivity (Wildman–Crippen MR) is 103 cm³/mol. The molecule has 2 rings (SSSR count). The molecule has 2 atom stereocenters. The number of hydrogen-bond acceptors (Lipinski definition) is 4. The van der Waals surface area contributed by atoms with E-state index in [2.05, 4.69) is 19.2 Å². The Kier molecular flexibility index (Phi) is 7.58. The Hall–Kier alpha value is -1.47. The fourth-order valence-corrected chi connectivity index (χ4v) is 4.47. The summed E-state index contributed by atoms with van der Waals surface area (Å²) in [5, 5.41) is 2.52. The van der Waals surface area contributed by atoms with E-state index in [9.17, 15) is 14.0 Å². The highest BCUT2D eigenvalue weighted by Gasteiger charge is 2.42. The molecule has 1 aliphatic heterocycles. The lowest BCUT2D eigenvalue weighted by atomic mass is 10.1. The van der Waals surface area contributed by atoms with Crippen LogP contribution in [0.2, 0.25) is 5.02 Å². The Morgan fingerprint density at radius 3 is 2.81 bits per heavy atom. The first-order valence-electron chi connectivity index (χ1n) is 8.66. The third-order valence-corrected chi connectivity index (χ3v) is 5.49. The van der Waals surface area contributed by atoms with Crippen molar-refractivity contribution in [3.63, 3.8) is 0 Å².